The van der Waals surface area contributed by atoms with Gasteiger partial charge >= 0.3 is 19.0 Å². The minimum absolute atomic E-state index is 0.0492. The zero-order chi connectivity index (χ0) is 29.4. The summed E-state index contributed by atoms with van der Waals surface area (Å²) in [6, 6.07) is 9.32. The fourth-order valence-corrected chi connectivity index (χ4v) is 3.86. The Labute approximate surface area is 219 Å². The van der Waals surface area contributed by atoms with Crippen LogP contribution in [-0.4, -0.2) is 26.9 Å². The monoisotopic (exact) mass is 572 g/mol. The maximum Gasteiger partial charge on any atom is 0.420 e. The molecule has 0 radical (unpaired) electrons. The number of ether oxygens (including phenoxy) is 1. The van der Waals surface area contributed by atoms with Crippen LogP contribution in [0, 0.1) is 0 Å². The molecule has 1 amide bonds. The Kier molecular flexibility index (Phi) is 7.41. The lowest BCUT2D eigenvalue weighted by Gasteiger charge is -2.15. The normalized spacial score (nSPS) is 12.1. The average Bonchev–Trinajstić information content (AvgIpc) is 3.11. The van der Waals surface area contributed by atoms with Crippen LogP contribution in [0.3, 0.4) is 0 Å². The summed E-state index contributed by atoms with van der Waals surface area (Å²) in [6.45, 7) is -3.12. The maximum absolute atomic E-state index is 13.7. The number of alkyl halides is 8. The number of hydrogen-bond acceptors (Lipinski definition) is 4. The molecule has 0 saturated carbocycles. The standard InChI is InChI=1S/C25H16F8N4O3/c1-36-19(13-4-8-15(9-5-13)24(28,29)30)18(35-21(38)14-6-10-16(11-7-14)40-23(26)27)22(39)37(36)20-17(25(31,32)33)3-2-12-34-20/h2-12,23H,1H3,(H,35,38). The molecule has 2 aromatic carbocycles. The van der Waals surface area contributed by atoms with Crippen LogP contribution < -0.4 is 15.6 Å². The summed E-state index contributed by atoms with van der Waals surface area (Å²) in [5.74, 6) is -2.08. The summed E-state index contributed by atoms with van der Waals surface area (Å²) in [4.78, 5) is 30.1. The minimum Gasteiger partial charge on any atom is -0.435 e. The fourth-order valence-electron chi connectivity index (χ4n) is 3.86. The first-order valence-corrected chi connectivity index (χ1v) is 11.1. The first-order chi connectivity index (χ1) is 18.7. The number of pyridine rings is 1. The Morgan fingerprint density at radius 3 is 2.10 bits per heavy atom. The number of anilines is 1. The topological polar surface area (TPSA) is 78.2 Å². The first kappa shape index (κ1) is 28.3. The molecular weight excluding hydrogens is 556 g/mol. The van der Waals surface area contributed by atoms with Gasteiger partial charge in [0.05, 0.1) is 11.3 Å². The molecule has 0 saturated heterocycles. The average molecular weight is 572 g/mol. The molecule has 4 aromatic rings. The molecule has 0 aliphatic rings. The van der Waals surface area contributed by atoms with Crippen molar-refractivity contribution < 1.29 is 44.7 Å². The van der Waals surface area contributed by atoms with Gasteiger partial charge in [-0.05, 0) is 48.5 Å². The van der Waals surface area contributed by atoms with E-state index >= 15 is 0 Å². The fraction of sp³-hybridized carbons (Fsp3) is 0.160. The van der Waals surface area contributed by atoms with Gasteiger partial charge in [-0.2, -0.15) is 39.8 Å². The Hall–Kier alpha value is -4.69. The number of rotatable bonds is 6. The van der Waals surface area contributed by atoms with E-state index in [0.717, 1.165) is 60.4 Å². The summed E-state index contributed by atoms with van der Waals surface area (Å²) >= 11 is 0. The predicted molar refractivity (Wildman–Crippen MR) is 125 cm³/mol. The third kappa shape index (κ3) is 5.67. The highest BCUT2D eigenvalue weighted by Gasteiger charge is 2.37. The number of benzene rings is 2. The van der Waals surface area contributed by atoms with Crippen LogP contribution >= 0.6 is 0 Å². The van der Waals surface area contributed by atoms with Crippen molar-refractivity contribution in [3.63, 3.8) is 0 Å². The SMILES string of the molecule is Cn1c(-c2ccc(C(F)(F)F)cc2)c(NC(=O)c2ccc(OC(F)F)cc2)c(=O)n1-c1ncccc1C(F)(F)F. The van der Waals surface area contributed by atoms with Crippen molar-refractivity contribution in [3.05, 3.63) is 93.9 Å². The third-order valence-electron chi connectivity index (χ3n) is 5.63. The molecule has 0 atom stereocenters. The lowest BCUT2D eigenvalue weighted by atomic mass is 10.1. The molecule has 40 heavy (non-hydrogen) atoms. The van der Waals surface area contributed by atoms with Gasteiger partial charge < -0.3 is 10.1 Å². The van der Waals surface area contributed by atoms with E-state index in [1.54, 1.807) is 0 Å². The van der Waals surface area contributed by atoms with Crippen molar-refractivity contribution in [2.45, 2.75) is 19.0 Å². The van der Waals surface area contributed by atoms with Crippen LogP contribution in [0.25, 0.3) is 17.1 Å². The second kappa shape index (κ2) is 10.5. The van der Waals surface area contributed by atoms with E-state index in [-0.39, 0.29) is 22.6 Å². The second-order valence-electron chi connectivity index (χ2n) is 8.17. The highest BCUT2D eigenvalue weighted by Crippen LogP contribution is 2.35. The number of nitrogens with zero attached hydrogens (tertiary/aromatic N) is 3. The predicted octanol–water partition coefficient (Wildman–Crippen LogP) is 6.13. The highest BCUT2D eigenvalue weighted by molar-refractivity contribution is 6.06. The van der Waals surface area contributed by atoms with Gasteiger partial charge in [-0.1, -0.05) is 12.1 Å². The smallest absolute Gasteiger partial charge is 0.420 e. The Balaban J connectivity index is 1.87. The van der Waals surface area contributed by atoms with E-state index < -0.39 is 53.1 Å². The summed E-state index contributed by atoms with van der Waals surface area (Å²) < 4.78 is 111. The van der Waals surface area contributed by atoms with Gasteiger partial charge in [-0.25, -0.2) is 4.98 Å². The van der Waals surface area contributed by atoms with Crippen LogP contribution in [0.15, 0.2) is 71.7 Å². The van der Waals surface area contributed by atoms with Crippen molar-refractivity contribution in [1.29, 1.82) is 0 Å². The molecule has 210 valence electrons. The summed E-state index contributed by atoms with van der Waals surface area (Å²) in [5, 5.41) is 2.27. The van der Waals surface area contributed by atoms with Crippen molar-refractivity contribution in [2.24, 2.45) is 7.05 Å². The number of aromatic nitrogens is 3. The molecule has 0 unspecified atom stereocenters. The maximum atomic E-state index is 13.7. The lowest BCUT2D eigenvalue weighted by Crippen LogP contribution is -2.26. The van der Waals surface area contributed by atoms with Gasteiger partial charge in [0.15, 0.2) is 5.82 Å². The molecule has 0 fully saturated rings. The molecule has 0 aliphatic carbocycles. The van der Waals surface area contributed by atoms with E-state index in [9.17, 15) is 44.7 Å². The Bertz CT molecular complexity index is 1590. The largest absolute Gasteiger partial charge is 0.435 e. The Morgan fingerprint density at radius 2 is 1.55 bits per heavy atom. The van der Waals surface area contributed by atoms with Gasteiger partial charge in [-0.15, -0.1) is 0 Å². The van der Waals surface area contributed by atoms with Gasteiger partial charge in [0.2, 0.25) is 0 Å². The summed E-state index contributed by atoms with van der Waals surface area (Å²) in [5.41, 5.74) is -4.49. The minimum atomic E-state index is -4.94. The van der Waals surface area contributed by atoms with E-state index in [0.29, 0.717) is 22.9 Å². The molecular formula is C25H16F8N4O3. The molecule has 15 heteroatoms. The van der Waals surface area contributed by atoms with Crippen LogP contribution in [0.4, 0.5) is 40.8 Å². The highest BCUT2D eigenvalue weighted by atomic mass is 19.4. The molecule has 0 aliphatic heterocycles. The van der Waals surface area contributed by atoms with Crippen molar-refractivity contribution >= 4 is 11.6 Å². The van der Waals surface area contributed by atoms with Crippen LogP contribution in [-0.2, 0) is 19.4 Å². The number of hydrogen-bond donors (Lipinski definition) is 1. The van der Waals surface area contributed by atoms with Gasteiger partial charge in [0, 0.05) is 24.4 Å². The van der Waals surface area contributed by atoms with Gasteiger partial charge in [-0.3, -0.25) is 14.3 Å². The molecule has 7 nitrogen and oxygen atoms in total. The van der Waals surface area contributed by atoms with Crippen LogP contribution in [0.2, 0.25) is 0 Å². The molecule has 0 spiro atoms. The lowest BCUT2D eigenvalue weighted by molar-refractivity contribution is -0.138. The number of amides is 1. The van der Waals surface area contributed by atoms with Gasteiger partial charge in [0.1, 0.15) is 17.0 Å². The van der Waals surface area contributed by atoms with E-state index in [1.807, 2.05) is 0 Å². The zero-order valence-electron chi connectivity index (χ0n) is 20.0. The third-order valence-corrected chi connectivity index (χ3v) is 5.63. The molecule has 2 aromatic heterocycles. The first-order valence-electron chi connectivity index (χ1n) is 11.1. The summed E-state index contributed by atoms with van der Waals surface area (Å²) in [7, 11) is 1.16. The zero-order valence-corrected chi connectivity index (χ0v) is 20.0. The van der Waals surface area contributed by atoms with E-state index in [4.69, 9.17) is 0 Å². The molecule has 2 heterocycles. The number of halogens is 8. The quantitative estimate of drug-likeness (QED) is 0.282. The van der Waals surface area contributed by atoms with Crippen LogP contribution in [0.5, 0.6) is 5.75 Å². The number of nitrogens with one attached hydrogen (secondary N) is 1. The van der Waals surface area contributed by atoms with E-state index in [2.05, 4.69) is 15.0 Å². The molecule has 1 N–H and O–H groups in total. The molecule has 4 rings (SSSR count). The number of carbonyl (C=O) groups is 1. The van der Waals surface area contributed by atoms with Gasteiger partial charge in [0.25, 0.3) is 11.5 Å². The second-order valence-corrected chi connectivity index (χ2v) is 8.17. The molecule has 0 bridgehead atoms. The van der Waals surface area contributed by atoms with Crippen molar-refractivity contribution in [1.82, 2.24) is 14.3 Å². The van der Waals surface area contributed by atoms with Crippen LogP contribution in [0.1, 0.15) is 21.5 Å². The Morgan fingerprint density at radius 1 is 0.925 bits per heavy atom. The van der Waals surface area contributed by atoms with E-state index in [1.165, 1.54) is 0 Å². The summed E-state index contributed by atoms with van der Waals surface area (Å²) in [6.07, 6.45) is -8.63. The van der Waals surface area contributed by atoms with Crippen molar-refractivity contribution in [2.75, 3.05) is 5.32 Å². The number of carbonyl (C=O) groups excluding carboxylic acids is 1. The van der Waals surface area contributed by atoms with Crippen molar-refractivity contribution in [3.8, 4) is 22.8 Å².